The predicted octanol–water partition coefficient (Wildman–Crippen LogP) is -0.196. The molecule has 0 unspecified atom stereocenters. The molecule has 6 heteroatoms. The Hall–Kier alpha value is -1.69. The summed E-state index contributed by atoms with van der Waals surface area (Å²) in [6.07, 6.45) is 0. The van der Waals surface area contributed by atoms with Gasteiger partial charge in [0.2, 0.25) is 5.82 Å². The summed E-state index contributed by atoms with van der Waals surface area (Å²) in [5.74, 6) is -1.48. The average molecular weight is 209 g/mol. The Morgan fingerprint density at radius 3 is 2.93 bits per heavy atom. The smallest absolute Gasteiger partial charge is 0.372 e. The Morgan fingerprint density at radius 2 is 2.33 bits per heavy atom. The van der Waals surface area contributed by atoms with Crippen LogP contribution in [0.1, 0.15) is 28.8 Å². The van der Waals surface area contributed by atoms with E-state index >= 15 is 0 Å². The topological polar surface area (TPSA) is 86.3 Å². The zero-order valence-electron chi connectivity index (χ0n) is 8.28. The SMILES string of the molecule is CCN1Cc2nc(C(=O)O)[nH]c(=O)c2C1. The lowest BCUT2D eigenvalue weighted by Gasteiger charge is -2.08. The van der Waals surface area contributed by atoms with Gasteiger partial charge in [0.25, 0.3) is 5.56 Å². The molecule has 6 nitrogen and oxygen atoms in total. The zero-order valence-corrected chi connectivity index (χ0v) is 8.28. The first-order valence-electron chi connectivity index (χ1n) is 4.69. The molecule has 0 atom stereocenters. The van der Waals surface area contributed by atoms with Crippen LogP contribution in [-0.4, -0.2) is 32.5 Å². The lowest BCUT2D eigenvalue weighted by Crippen LogP contribution is -2.20. The number of carbonyl (C=O) groups is 1. The second-order valence-corrected chi connectivity index (χ2v) is 3.45. The van der Waals surface area contributed by atoms with Crippen LogP contribution < -0.4 is 5.56 Å². The number of fused-ring (bicyclic) bond motifs is 1. The van der Waals surface area contributed by atoms with Crippen molar-refractivity contribution in [1.29, 1.82) is 0 Å². The first kappa shape index (κ1) is 9.85. The van der Waals surface area contributed by atoms with Gasteiger partial charge >= 0.3 is 5.97 Å². The van der Waals surface area contributed by atoms with Gasteiger partial charge in [-0.05, 0) is 6.54 Å². The normalized spacial score (nSPS) is 15.3. The van der Waals surface area contributed by atoms with Crippen molar-refractivity contribution < 1.29 is 9.90 Å². The molecule has 0 aliphatic carbocycles. The maximum absolute atomic E-state index is 11.5. The van der Waals surface area contributed by atoms with Gasteiger partial charge in [0.1, 0.15) is 0 Å². The highest BCUT2D eigenvalue weighted by Crippen LogP contribution is 2.16. The number of nitrogens with one attached hydrogen (secondary N) is 1. The standard InChI is InChI=1S/C9H11N3O3/c1-2-12-3-5-6(4-12)10-7(9(14)15)11-8(5)13/h2-4H2,1H3,(H,14,15)(H,10,11,13). The van der Waals surface area contributed by atoms with Gasteiger partial charge in [0.05, 0.1) is 11.3 Å². The van der Waals surface area contributed by atoms with Crippen LogP contribution in [0.5, 0.6) is 0 Å². The molecule has 15 heavy (non-hydrogen) atoms. The van der Waals surface area contributed by atoms with Gasteiger partial charge in [-0.15, -0.1) is 0 Å². The minimum atomic E-state index is -1.20. The van der Waals surface area contributed by atoms with E-state index in [2.05, 4.69) is 9.97 Å². The molecule has 0 amide bonds. The molecule has 0 spiro atoms. The van der Waals surface area contributed by atoms with E-state index in [-0.39, 0.29) is 11.4 Å². The number of rotatable bonds is 2. The van der Waals surface area contributed by atoms with Gasteiger partial charge in [-0.1, -0.05) is 6.92 Å². The van der Waals surface area contributed by atoms with E-state index in [0.29, 0.717) is 24.3 Å². The third-order valence-electron chi connectivity index (χ3n) is 2.51. The first-order chi connectivity index (χ1) is 7.11. The van der Waals surface area contributed by atoms with E-state index in [1.807, 2.05) is 11.8 Å². The minimum absolute atomic E-state index is 0.281. The summed E-state index contributed by atoms with van der Waals surface area (Å²) in [5, 5.41) is 8.72. The Kier molecular flexibility index (Phi) is 2.28. The molecule has 80 valence electrons. The molecule has 0 radical (unpaired) electrons. The van der Waals surface area contributed by atoms with Crippen LogP contribution in [0.25, 0.3) is 0 Å². The number of aromatic nitrogens is 2. The molecule has 0 aromatic carbocycles. The Morgan fingerprint density at radius 1 is 1.60 bits per heavy atom. The van der Waals surface area contributed by atoms with Crippen molar-refractivity contribution in [2.24, 2.45) is 0 Å². The number of hydrogen-bond donors (Lipinski definition) is 2. The van der Waals surface area contributed by atoms with Crippen LogP contribution in [-0.2, 0) is 13.1 Å². The Bertz CT molecular complexity index is 466. The third kappa shape index (κ3) is 1.63. The van der Waals surface area contributed by atoms with E-state index in [0.717, 1.165) is 6.54 Å². The number of H-pyrrole nitrogens is 1. The van der Waals surface area contributed by atoms with Crippen molar-refractivity contribution in [2.45, 2.75) is 20.0 Å². The molecular formula is C9H11N3O3. The van der Waals surface area contributed by atoms with Crippen LogP contribution in [0.4, 0.5) is 0 Å². The number of aromatic amines is 1. The number of carboxylic acids is 1. The van der Waals surface area contributed by atoms with Gasteiger partial charge in [0.15, 0.2) is 0 Å². The van der Waals surface area contributed by atoms with Gasteiger partial charge < -0.3 is 10.1 Å². The summed E-state index contributed by atoms with van der Waals surface area (Å²) in [4.78, 5) is 30.4. The summed E-state index contributed by atoms with van der Waals surface area (Å²) in [5.41, 5.74) is 0.827. The number of hydrogen-bond acceptors (Lipinski definition) is 4. The Labute approximate surface area is 85.6 Å². The summed E-state index contributed by atoms with van der Waals surface area (Å²) >= 11 is 0. The quantitative estimate of drug-likeness (QED) is 0.704. The van der Waals surface area contributed by atoms with Gasteiger partial charge in [-0.3, -0.25) is 9.69 Å². The largest absolute Gasteiger partial charge is 0.475 e. The van der Waals surface area contributed by atoms with Crippen LogP contribution in [0.2, 0.25) is 0 Å². The number of carboxylic acid groups (broad SMARTS) is 1. The van der Waals surface area contributed by atoms with Crippen molar-refractivity contribution in [1.82, 2.24) is 14.9 Å². The highest BCUT2D eigenvalue weighted by atomic mass is 16.4. The molecule has 1 aromatic rings. The second-order valence-electron chi connectivity index (χ2n) is 3.45. The first-order valence-corrected chi connectivity index (χ1v) is 4.69. The highest BCUT2D eigenvalue weighted by Gasteiger charge is 2.23. The molecule has 2 rings (SSSR count). The molecule has 2 heterocycles. The average Bonchev–Trinajstić information content (AvgIpc) is 2.61. The van der Waals surface area contributed by atoms with Gasteiger partial charge in [-0.2, -0.15) is 0 Å². The third-order valence-corrected chi connectivity index (χ3v) is 2.51. The summed E-state index contributed by atoms with van der Waals surface area (Å²) in [6, 6.07) is 0. The van der Waals surface area contributed by atoms with Crippen molar-refractivity contribution in [3.05, 3.63) is 27.4 Å². The molecule has 1 aromatic heterocycles. The summed E-state index contributed by atoms with van der Waals surface area (Å²) in [6.45, 7) is 3.90. The fraction of sp³-hybridized carbons (Fsp3) is 0.444. The van der Waals surface area contributed by atoms with Crippen LogP contribution in [0, 0.1) is 0 Å². The molecule has 0 bridgehead atoms. The minimum Gasteiger partial charge on any atom is -0.475 e. The molecule has 1 aliphatic heterocycles. The van der Waals surface area contributed by atoms with Crippen molar-refractivity contribution in [2.75, 3.05) is 6.54 Å². The van der Waals surface area contributed by atoms with Crippen LogP contribution >= 0.6 is 0 Å². The highest BCUT2D eigenvalue weighted by molar-refractivity contribution is 5.83. The van der Waals surface area contributed by atoms with Crippen LogP contribution in [0.3, 0.4) is 0 Å². The second kappa shape index (κ2) is 3.47. The van der Waals surface area contributed by atoms with Gasteiger partial charge in [0, 0.05) is 13.1 Å². The number of aromatic carboxylic acids is 1. The van der Waals surface area contributed by atoms with E-state index < -0.39 is 5.97 Å². The Balaban J connectivity index is 2.47. The molecular weight excluding hydrogens is 198 g/mol. The fourth-order valence-corrected chi connectivity index (χ4v) is 1.65. The zero-order chi connectivity index (χ0) is 11.0. The summed E-state index contributed by atoms with van der Waals surface area (Å²) < 4.78 is 0. The predicted molar refractivity (Wildman–Crippen MR) is 51.6 cm³/mol. The maximum Gasteiger partial charge on any atom is 0.372 e. The van der Waals surface area contributed by atoms with E-state index in [1.165, 1.54) is 0 Å². The summed E-state index contributed by atoms with van der Waals surface area (Å²) in [7, 11) is 0. The van der Waals surface area contributed by atoms with Crippen molar-refractivity contribution >= 4 is 5.97 Å². The fourth-order valence-electron chi connectivity index (χ4n) is 1.65. The van der Waals surface area contributed by atoms with E-state index in [1.54, 1.807) is 0 Å². The lowest BCUT2D eigenvalue weighted by molar-refractivity contribution is 0.0682. The maximum atomic E-state index is 11.5. The van der Waals surface area contributed by atoms with Crippen LogP contribution in [0.15, 0.2) is 4.79 Å². The monoisotopic (exact) mass is 209 g/mol. The van der Waals surface area contributed by atoms with E-state index in [9.17, 15) is 9.59 Å². The molecule has 2 N–H and O–H groups in total. The van der Waals surface area contributed by atoms with Gasteiger partial charge in [-0.25, -0.2) is 9.78 Å². The number of nitrogens with zero attached hydrogens (tertiary/aromatic N) is 2. The molecule has 0 saturated heterocycles. The lowest BCUT2D eigenvalue weighted by atomic mass is 10.3. The van der Waals surface area contributed by atoms with Crippen molar-refractivity contribution in [3.8, 4) is 0 Å². The van der Waals surface area contributed by atoms with E-state index in [4.69, 9.17) is 5.11 Å². The molecule has 0 saturated carbocycles. The molecule has 0 fully saturated rings. The molecule has 1 aliphatic rings. The van der Waals surface area contributed by atoms with Crippen molar-refractivity contribution in [3.63, 3.8) is 0 Å².